The van der Waals surface area contributed by atoms with Crippen LogP contribution in [-0.2, 0) is 0 Å². The Morgan fingerprint density at radius 3 is 3.14 bits per heavy atom. The van der Waals surface area contributed by atoms with Crippen LogP contribution in [0.3, 0.4) is 0 Å². The minimum atomic E-state index is 0.0510. The topological polar surface area (TPSA) is 65.5 Å². The maximum Gasteiger partial charge on any atom is 0.254 e. The predicted octanol–water partition coefficient (Wildman–Crippen LogP) is 2.28. The number of piperidine rings is 1. The Morgan fingerprint density at radius 2 is 2.38 bits per heavy atom. The molecule has 0 spiro atoms. The first kappa shape index (κ1) is 15.8. The highest BCUT2D eigenvalue weighted by Gasteiger charge is 2.27. The van der Waals surface area contributed by atoms with E-state index in [1.807, 2.05) is 11.0 Å². The molecule has 0 radical (unpaired) electrons. The van der Waals surface area contributed by atoms with Crippen LogP contribution in [0.2, 0.25) is 0 Å². The average molecular weight is 291 g/mol. The summed E-state index contributed by atoms with van der Waals surface area (Å²) in [4.78, 5) is 18.9. The van der Waals surface area contributed by atoms with Gasteiger partial charge in [0.2, 0.25) is 0 Å². The minimum absolute atomic E-state index is 0.0510. The van der Waals surface area contributed by atoms with E-state index in [0.29, 0.717) is 12.0 Å². The van der Waals surface area contributed by atoms with Crippen LogP contribution in [0.15, 0.2) is 18.3 Å². The van der Waals surface area contributed by atoms with E-state index in [2.05, 4.69) is 17.2 Å². The normalized spacial score (nSPS) is 18.6. The Bertz CT molecular complexity index is 463. The Hall–Kier alpha value is -1.62. The molecule has 21 heavy (non-hydrogen) atoms. The maximum atomic E-state index is 12.7. The van der Waals surface area contributed by atoms with Crippen molar-refractivity contribution in [1.29, 1.82) is 0 Å². The van der Waals surface area contributed by atoms with Gasteiger partial charge >= 0.3 is 0 Å². The lowest BCUT2D eigenvalue weighted by molar-refractivity contribution is 0.0574. The third kappa shape index (κ3) is 4.17. The third-order valence-electron chi connectivity index (χ3n) is 3.91. The second-order valence-corrected chi connectivity index (χ2v) is 5.52. The number of rotatable bonds is 6. The molecule has 1 amide bonds. The van der Waals surface area contributed by atoms with Gasteiger partial charge in [-0.25, -0.2) is 4.98 Å². The molecule has 1 aliphatic rings. The lowest BCUT2D eigenvalue weighted by Gasteiger charge is -2.35. The van der Waals surface area contributed by atoms with Crippen LogP contribution in [-0.4, -0.2) is 46.6 Å². The molecule has 1 unspecified atom stereocenters. The average Bonchev–Trinajstić information content (AvgIpc) is 2.53. The summed E-state index contributed by atoms with van der Waals surface area (Å²) >= 11 is 0. The van der Waals surface area contributed by atoms with Gasteiger partial charge in [0.25, 0.3) is 5.91 Å². The summed E-state index contributed by atoms with van der Waals surface area (Å²) in [5.74, 6) is 0.800. The number of pyridine rings is 1. The van der Waals surface area contributed by atoms with Crippen molar-refractivity contribution in [3.63, 3.8) is 0 Å². The summed E-state index contributed by atoms with van der Waals surface area (Å²) in [5.41, 5.74) is 0.674. The first-order chi connectivity index (χ1) is 10.3. The van der Waals surface area contributed by atoms with E-state index in [9.17, 15) is 9.90 Å². The number of nitrogens with zero attached hydrogens (tertiary/aromatic N) is 2. The van der Waals surface area contributed by atoms with Gasteiger partial charge in [0.05, 0.1) is 0 Å². The van der Waals surface area contributed by atoms with E-state index in [1.165, 1.54) is 0 Å². The van der Waals surface area contributed by atoms with Crippen LogP contribution in [0.5, 0.6) is 0 Å². The van der Waals surface area contributed by atoms with Crippen LogP contribution in [0, 0.1) is 0 Å². The molecule has 0 saturated carbocycles. The number of nitrogens with one attached hydrogen (secondary N) is 1. The fraction of sp³-hybridized carbons (Fsp3) is 0.625. The number of hydrogen-bond donors (Lipinski definition) is 2. The number of aliphatic hydroxyl groups excluding tert-OH is 1. The molecule has 1 atom stereocenters. The molecule has 1 aromatic rings. The molecular weight excluding hydrogens is 266 g/mol. The van der Waals surface area contributed by atoms with Crippen molar-refractivity contribution in [2.45, 2.75) is 45.1 Å². The van der Waals surface area contributed by atoms with Gasteiger partial charge in [0.15, 0.2) is 0 Å². The molecule has 0 aromatic carbocycles. The number of carbonyl (C=O) groups excluding carboxylic acids is 1. The van der Waals surface area contributed by atoms with Gasteiger partial charge < -0.3 is 15.3 Å². The van der Waals surface area contributed by atoms with E-state index < -0.39 is 0 Å². The molecule has 0 bridgehead atoms. The largest absolute Gasteiger partial charge is 0.396 e. The molecule has 116 valence electrons. The number of likely N-dealkylation sites (tertiary alicyclic amines) is 1. The van der Waals surface area contributed by atoms with E-state index >= 15 is 0 Å². The third-order valence-corrected chi connectivity index (χ3v) is 3.91. The molecule has 5 heteroatoms. The van der Waals surface area contributed by atoms with Gasteiger partial charge in [-0.15, -0.1) is 0 Å². The summed E-state index contributed by atoms with van der Waals surface area (Å²) in [6, 6.07) is 3.75. The second-order valence-electron chi connectivity index (χ2n) is 5.52. The maximum absolute atomic E-state index is 12.7. The van der Waals surface area contributed by atoms with Crippen molar-refractivity contribution < 1.29 is 9.90 Å². The van der Waals surface area contributed by atoms with Crippen LogP contribution < -0.4 is 5.32 Å². The van der Waals surface area contributed by atoms with Crippen molar-refractivity contribution in [1.82, 2.24) is 9.88 Å². The summed E-state index contributed by atoms with van der Waals surface area (Å²) in [5, 5.41) is 12.4. The molecule has 5 nitrogen and oxygen atoms in total. The molecule has 1 saturated heterocycles. The molecule has 2 heterocycles. The number of anilines is 1. The molecule has 1 fully saturated rings. The lowest BCUT2D eigenvalue weighted by atomic mass is 9.98. The molecule has 1 aromatic heterocycles. The zero-order valence-electron chi connectivity index (χ0n) is 12.7. The first-order valence-electron chi connectivity index (χ1n) is 7.88. The van der Waals surface area contributed by atoms with Crippen molar-refractivity contribution >= 4 is 11.7 Å². The smallest absolute Gasteiger partial charge is 0.254 e. The molecule has 2 N–H and O–H groups in total. The van der Waals surface area contributed by atoms with Crippen molar-refractivity contribution in [2.75, 3.05) is 25.0 Å². The monoisotopic (exact) mass is 291 g/mol. The van der Waals surface area contributed by atoms with Gasteiger partial charge in [0, 0.05) is 37.5 Å². The Morgan fingerprint density at radius 1 is 1.52 bits per heavy atom. The SMILES string of the molecule is CCCNc1cc(C(=O)N2CCCCC2CCO)ccn1. The van der Waals surface area contributed by atoms with E-state index in [0.717, 1.165) is 44.6 Å². The number of aliphatic hydroxyl groups is 1. The molecular formula is C16H25N3O2. The van der Waals surface area contributed by atoms with Crippen molar-refractivity contribution in [2.24, 2.45) is 0 Å². The van der Waals surface area contributed by atoms with Crippen LogP contribution in [0.4, 0.5) is 5.82 Å². The first-order valence-corrected chi connectivity index (χ1v) is 7.88. The zero-order chi connectivity index (χ0) is 15.1. The highest BCUT2D eigenvalue weighted by atomic mass is 16.3. The van der Waals surface area contributed by atoms with Gasteiger partial charge in [-0.2, -0.15) is 0 Å². The van der Waals surface area contributed by atoms with Gasteiger partial charge in [0.1, 0.15) is 5.82 Å². The van der Waals surface area contributed by atoms with Gasteiger partial charge in [-0.05, 0) is 44.2 Å². The standard InChI is InChI=1S/C16H25N3O2/c1-2-8-17-15-12-13(6-9-18-15)16(21)19-10-4-3-5-14(19)7-11-20/h6,9,12,14,20H,2-5,7-8,10-11H2,1H3,(H,17,18). The number of aromatic nitrogens is 1. The fourth-order valence-corrected chi connectivity index (χ4v) is 2.80. The quantitative estimate of drug-likeness (QED) is 0.844. The Kier molecular flexibility index (Phi) is 5.99. The summed E-state index contributed by atoms with van der Waals surface area (Å²) in [6.45, 7) is 3.86. The van der Waals surface area contributed by atoms with Gasteiger partial charge in [-0.1, -0.05) is 6.92 Å². The van der Waals surface area contributed by atoms with Crippen molar-refractivity contribution in [3.8, 4) is 0 Å². The van der Waals surface area contributed by atoms with E-state index in [-0.39, 0.29) is 18.6 Å². The number of amides is 1. The summed E-state index contributed by atoms with van der Waals surface area (Å²) in [6.07, 6.45) is 6.52. The fourth-order valence-electron chi connectivity index (χ4n) is 2.80. The molecule has 1 aliphatic heterocycles. The Labute approximate surface area is 126 Å². The zero-order valence-corrected chi connectivity index (χ0v) is 12.7. The number of hydrogen-bond acceptors (Lipinski definition) is 4. The predicted molar refractivity (Wildman–Crippen MR) is 83.4 cm³/mol. The molecule has 2 rings (SSSR count). The minimum Gasteiger partial charge on any atom is -0.396 e. The van der Waals surface area contributed by atoms with E-state index in [4.69, 9.17) is 0 Å². The summed E-state index contributed by atoms with van der Waals surface area (Å²) in [7, 11) is 0. The molecule has 0 aliphatic carbocycles. The highest BCUT2D eigenvalue weighted by Crippen LogP contribution is 2.22. The Balaban J connectivity index is 2.10. The van der Waals surface area contributed by atoms with Crippen LogP contribution in [0.1, 0.15) is 49.4 Å². The second kappa shape index (κ2) is 7.98. The number of carbonyl (C=O) groups is 1. The van der Waals surface area contributed by atoms with Crippen molar-refractivity contribution in [3.05, 3.63) is 23.9 Å². The van der Waals surface area contributed by atoms with E-state index in [1.54, 1.807) is 12.3 Å². The summed E-state index contributed by atoms with van der Waals surface area (Å²) < 4.78 is 0. The van der Waals surface area contributed by atoms with Gasteiger partial charge in [-0.3, -0.25) is 4.79 Å². The highest BCUT2D eigenvalue weighted by molar-refractivity contribution is 5.95. The van der Waals surface area contributed by atoms with Crippen LogP contribution >= 0.6 is 0 Å². The lowest BCUT2D eigenvalue weighted by Crippen LogP contribution is -2.44. The van der Waals surface area contributed by atoms with Crippen LogP contribution in [0.25, 0.3) is 0 Å².